The summed E-state index contributed by atoms with van der Waals surface area (Å²) < 4.78 is 43.8. The second-order valence-electron chi connectivity index (χ2n) is 25.3. The second kappa shape index (κ2) is 14.2. The molecule has 4 heterocycles. The zero-order valence-corrected chi connectivity index (χ0v) is 56.2. The molecule has 4 aliphatic heterocycles. The summed E-state index contributed by atoms with van der Waals surface area (Å²) in [5.41, 5.74) is 0. The van der Waals surface area contributed by atoms with Gasteiger partial charge < -0.3 is 0 Å². The van der Waals surface area contributed by atoms with Crippen LogP contribution in [0.1, 0.15) is 0 Å². The summed E-state index contributed by atoms with van der Waals surface area (Å²) in [6.45, 7) is 65.4. The third-order valence-corrected chi connectivity index (χ3v) is 219. The van der Waals surface area contributed by atoms with Gasteiger partial charge >= 0.3 is 335 Å². The molecule has 0 unspecified atom stereocenters. The Labute approximate surface area is 329 Å². The first kappa shape index (κ1) is 47.1. The fourth-order valence-electron chi connectivity index (χ4n) is 13.9. The number of rotatable bonds is 12. The van der Waals surface area contributed by atoms with Gasteiger partial charge in [0, 0.05) is 0 Å². The molecule has 4 aliphatic rings. The molecule has 0 spiro atoms. The Morgan fingerprint density at radius 3 is 0.438 bits per heavy atom. The van der Waals surface area contributed by atoms with Crippen molar-refractivity contribution in [1.29, 1.82) is 0 Å². The Hall–Kier alpha value is 4.77. The van der Waals surface area contributed by atoms with Crippen LogP contribution in [-0.2, 0) is 5.65 Å². The van der Waals surface area contributed by atoms with E-state index in [9.17, 15) is 0 Å². The molecule has 0 N–H and O–H groups in total. The van der Waals surface area contributed by atoms with E-state index in [0.717, 1.165) is 12.7 Å². The molecule has 4 fully saturated rings. The number of hydrogen-bond acceptors (Lipinski definition) is 4. The van der Waals surface area contributed by atoms with Crippen LogP contribution in [0, 0.1) is 0 Å². The quantitative estimate of drug-likeness (QED) is 0.183. The summed E-state index contributed by atoms with van der Waals surface area (Å²) in [7, 11) is -13.2. The van der Waals surface area contributed by atoms with Crippen molar-refractivity contribution in [2.75, 3.05) is 0 Å². The van der Waals surface area contributed by atoms with Crippen LogP contribution >= 0.6 is 0 Å². The minimum atomic E-state index is -3.88. The molecule has 0 aromatic carbocycles. The predicted molar refractivity (Wildman–Crippen MR) is 248 cm³/mol. The molecule has 48 heavy (non-hydrogen) atoms. The monoisotopic (exact) mass is 1240 g/mol. The summed E-state index contributed by atoms with van der Waals surface area (Å²) in [6, 6.07) is 0. The molecule has 0 saturated carbocycles. The molecule has 0 aromatic rings. The van der Waals surface area contributed by atoms with Gasteiger partial charge in [-0.2, -0.15) is 0 Å². The summed E-state index contributed by atoms with van der Waals surface area (Å²) in [4.78, 5) is 0. The van der Waals surface area contributed by atoms with E-state index >= 15 is 0 Å². The SMILES string of the molecule is C[Si](C)(C)[CH]([Si](C)(C)C)[Sn]12[CH2][CH2][Sn]3([CH]([Si](C)(C)C)[Si](C)(C)C)[O][Sn]([CH]([Si](C)(C)C)[Si](C)(C)C)([CH2][CH2][Sn]([CH]([Si](C)(C)C)[Si](C)(C)C)([O]1)[O]3)[O]2. The van der Waals surface area contributed by atoms with Gasteiger partial charge in [0.25, 0.3) is 0 Å². The Kier molecular flexibility index (Phi) is 14.0. The third kappa shape index (κ3) is 9.55. The minimum absolute atomic E-state index is 0.766. The molecule has 16 heteroatoms. The molecule has 0 aromatic heterocycles. The van der Waals surface area contributed by atoms with Crippen LogP contribution in [0.5, 0.6) is 0 Å². The molecule has 4 bridgehead atoms. The van der Waals surface area contributed by atoms with Crippen LogP contribution < -0.4 is 0 Å². The number of fused-ring (bicyclic) bond motifs is 2. The zero-order chi connectivity index (χ0) is 38.0. The van der Waals surface area contributed by atoms with E-state index < -0.39 is 141 Å². The van der Waals surface area contributed by atoms with Gasteiger partial charge in [0.05, 0.1) is 0 Å². The summed E-state index contributed by atoms with van der Waals surface area (Å²) in [5, 5.41) is 0. The topological polar surface area (TPSA) is 36.9 Å². The van der Waals surface area contributed by atoms with Crippen LogP contribution in [0.4, 0.5) is 0 Å². The van der Waals surface area contributed by atoms with Crippen molar-refractivity contribution in [2.24, 2.45) is 0 Å². The van der Waals surface area contributed by atoms with E-state index in [2.05, 4.69) is 157 Å². The fourth-order valence-corrected chi connectivity index (χ4v) is 356. The van der Waals surface area contributed by atoms with E-state index in [1.165, 1.54) is 17.7 Å². The second-order valence-corrected chi connectivity index (χ2v) is 132. The van der Waals surface area contributed by atoms with Crippen LogP contribution in [0.3, 0.4) is 0 Å². The first-order chi connectivity index (χ1) is 20.7. The first-order valence-corrected chi connectivity index (χ1v) is 72.1. The summed E-state index contributed by atoms with van der Waals surface area (Å²) >= 11 is -15.5. The summed E-state index contributed by atoms with van der Waals surface area (Å²) in [6.07, 6.45) is 0. The van der Waals surface area contributed by atoms with Crippen molar-refractivity contribution in [3.05, 3.63) is 0 Å². The van der Waals surface area contributed by atoms with Crippen molar-refractivity contribution < 1.29 is 5.65 Å². The maximum atomic E-state index is 8.88. The predicted octanol–water partition coefficient (Wildman–Crippen LogP) is 12.4. The van der Waals surface area contributed by atoms with Gasteiger partial charge in [-0.3, -0.25) is 0 Å². The normalized spacial score (nSPS) is 31.8. The van der Waals surface area contributed by atoms with Crippen molar-refractivity contribution in [3.8, 4) is 0 Å². The van der Waals surface area contributed by atoms with Crippen molar-refractivity contribution in [1.82, 2.24) is 0 Å². The molecule has 0 amide bonds. The van der Waals surface area contributed by atoms with Crippen LogP contribution in [0.2, 0.25) is 188 Å². The molecule has 284 valence electrons. The molecule has 0 radical (unpaired) electrons. The average Bonchev–Trinajstić information content (AvgIpc) is 2.98. The van der Waals surface area contributed by atoms with Gasteiger partial charge in [-0.1, -0.05) is 0 Å². The molecular formula is C32H84O4Si8Sn4. The Morgan fingerprint density at radius 2 is 0.354 bits per heavy atom. The Morgan fingerprint density at radius 1 is 0.250 bits per heavy atom. The van der Waals surface area contributed by atoms with Crippen LogP contribution in [0.15, 0.2) is 0 Å². The van der Waals surface area contributed by atoms with Crippen molar-refractivity contribution in [3.63, 3.8) is 0 Å². The maximum absolute atomic E-state index is 8.88. The van der Waals surface area contributed by atoms with Crippen LogP contribution in [-0.4, -0.2) is 141 Å². The van der Waals surface area contributed by atoms with Crippen molar-refractivity contribution >= 4 is 141 Å². The average molecular weight is 1230 g/mol. The molecule has 4 rings (SSSR count). The van der Waals surface area contributed by atoms with Crippen LogP contribution in [0.25, 0.3) is 0 Å². The Bertz CT molecular complexity index is 936. The molecule has 0 aliphatic carbocycles. The number of hydrogen-bond donors (Lipinski definition) is 0. The van der Waals surface area contributed by atoms with E-state index in [4.69, 9.17) is 5.65 Å². The molecule has 4 saturated heterocycles. The molecule has 0 atom stereocenters. The molecular weight excluding hydrogens is 1150 g/mol. The van der Waals surface area contributed by atoms with E-state index in [0.29, 0.717) is 0 Å². The van der Waals surface area contributed by atoms with E-state index in [-0.39, 0.29) is 0 Å². The third-order valence-electron chi connectivity index (χ3n) is 11.7. The van der Waals surface area contributed by atoms with E-state index in [1.54, 1.807) is 0 Å². The van der Waals surface area contributed by atoms with Gasteiger partial charge in [0.2, 0.25) is 0 Å². The van der Waals surface area contributed by atoms with Gasteiger partial charge in [0.1, 0.15) is 0 Å². The van der Waals surface area contributed by atoms with Gasteiger partial charge in [0.15, 0.2) is 0 Å². The standard InChI is InChI=1S/4C7H19Si2.2C2H4.4O.4Sn/c4*1-8(2,3)7-9(4,5)6;2*1-2;;;;;;;;/h4*7H,1-6H3;2*1-2H2;;;;;;;;. The van der Waals surface area contributed by atoms with Gasteiger partial charge in [-0.05, 0) is 0 Å². The fraction of sp³-hybridized carbons (Fsp3) is 1.00. The molecule has 4 nitrogen and oxygen atoms in total. The van der Waals surface area contributed by atoms with Gasteiger partial charge in [-0.15, -0.1) is 0 Å². The van der Waals surface area contributed by atoms with Gasteiger partial charge in [-0.25, -0.2) is 0 Å². The Balaban J connectivity index is 2.73. The van der Waals surface area contributed by atoms with E-state index in [1.807, 2.05) is 0 Å². The first-order valence-electron chi connectivity index (χ1n) is 19.5. The summed E-state index contributed by atoms with van der Waals surface area (Å²) in [5.74, 6) is 0. The zero-order valence-electron chi connectivity index (χ0n) is 36.8. The van der Waals surface area contributed by atoms with Crippen molar-refractivity contribution in [2.45, 2.75) is 188 Å².